The normalized spacial score (nSPS) is 11.5. The Morgan fingerprint density at radius 3 is 2.46 bits per heavy atom. The minimum absolute atomic E-state index is 0.108. The minimum atomic E-state index is -4.55. The summed E-state index contributed by atoms with van der Waals surface area (Å²) >= 11 is 5.72. The van der Waals surface area contributed by atoms with E-state index in [1.54, 1.807) is 22.8 Å². The maximum absolute atomic E-state index is 13.4. The largest absolute Gasteiger partial charge is 0.417 e. The first-order valence-electron chi connectivity index (χ1n) is 11.5. The summed E-state index contributed by atoms with van der Waals surface area (Å²) in [4.78, 5) is 29.4. The molecule has 0 unspecified atom stereocenters. The molecule has 0 saturated heterocycles. The molecule has 37 heavy (non-hydrogen) atoms. The first-order chi connectivity index (χ1) is 17.5. The average Bonchev–Trinajstić information content (AvgIpc) is 2.84. The third kappa shape index (κ3) is 6.11. The highest BCUT2D eigenvalue weighted by Gasteiger charge is 2.33. The number of hydrogen-bond donors (Lipinski definition) is 2. The molecule has 1 heterocycles. The number of nitrogens with one attached hydrogen (secondary N) is 2. The maximum atomic E-state index is 13.4. The van der Waals surface area contributed by atoms with Crippen molar-refractivity contribution in [2.45, 2.75) is 33.1 Å². The van der Waals surface area contributed by atoms with Gasteiger partial charge in [0.1, 0.15) is 5.69 Å². The van der Waals surface area contributed by atoms with Crippen molar-refractivity contribution >= 4 is 34.2 Å². The Balaban J connectivity index is 1.70. The topological polar surface area (TPSA) is 76.0 Å². The molecule has 0 aliphatic heterocycles. The van der Waals surface area contributed by atoms with E-state index in [1.165, 1.54) is 19.1 Å². The molecule has 0 saturated carbocycles. The SMILES string of the molecule is CC(=O)NCCn1c(=O)c(-c2ccc(C)cc2)nc2ccc(NCc3ccc(Cl)c(C(F)(F)F)c3)cc21. The lowest BCUT2D eigenvalue weighted by Gasteiger charge is -2.15. The zero-order valence-electron chi connectivity index (χ0n) is 20.1. The van der Waals surface area contributed by atoms with Crippen molar-refractivity contribution in [1.82, 2.24) is 14.9 Å². The van der Waals surface area contributed by atoms with Crippen LogP contribution in [0.25, 0.3) is 22.3 Å². The minimum Gasteiger partial charge on any atom is -0.381 e. The molecule has 10 heteroatoms. The molecule has 1 aromatic heterocycles. The highest BCUT2D eigenvalue weighted by Crippen LogP contribution is 2.35. The van der Waals surface area contributed by atoms with Gasteiger partial charge in [0.2, 0.25) is 5.91 Å². The van der Waals surface area contributed by atoms with E-state index in [0.29, 0.717) is 27.8 Å². The maximum Gasteiger partial charge on any atom is 0.417 e. The number of fused-ring (bicyclic) bond motifs is 1. The smallest absolute Gasteiger partial charge is 0.381 e. The lowest BCUT2D eigenvalue weighted by molar-refractivity contribution is -0.137. The Morgan fingerprint density at radius 2 is 1.78 bits per heavy atom. The lowest BCUT2D eigenvalue weighted by Crippen LogP contribution is -2.31. The molecule has 0 aliphatic carbocycles. The zero-order chi connectivity index (χ0) is 26.7. The number of carbonyl (C=O) groups excluding carboxylic acids is 1. The van der Waals surface area contributed by atoms with Gasteiger partial charge >= 0.3 is 6.18 Å². The van der Waals surface area contributed by atoms with E-state index in [9.17, 15) is 22.8 Å². The van der Waals surface area contributed by atoms with Crippen LogP contribution in [-0.2, 0) is 24.1 Å². The molecule has 0 bridgehead atoms. The molecule has 3 aromatic carbocycles. The predicted molar refractivity (Wildman–Crippen MR) is 139 cm³/mol. The van der Waals surface area contributed by atoms with Crippen LogP contribution in [0, 0.1) is 6.92 Å². The van der Waals surface area contributed by atoms with Gasteiger partial charge < -0.3 is 15.2 Å². The van der Waals surface area contributed by atoms with E-state index in [2.05, 4.69) is 15.6 Å². The molecule has 1 amide bonds. The second-order valence-electron chi connectivity index (χ2n) is 8.64. The second-order valence-corrected chi connectivity index (χ2v) is 9.04. The summed E-state index contributed by atoms with van der Waals surface area (Å²) in [5.41, 5.74) is 2.89. The number of aromatic nitrogens is 2. The summed E-state index contributed by atoms with van der Waals surface area (Å²) in [6.45, 7) is 3.91. The molecule has 192 valence electrons. The summed E-state index contributed by atoms with van der Waals surface area (Å²) in [5.74, 6) is -0.214. The standard InChI is InChI=1S/C27H24ClF3N4O2/c1-16-3-6-19(7-4-16)25-26(37)35(12-11-32-17(2)36)24-14-20(8-10-23(24)34-25)33-15-18-5-9-22(28)21(13-18)27(29,30)31/h3-10,13-14,33H,11-12,15H2,1-2H3,(H,32,36). The summed E-state index contributed by atoms with van der Waals surface area (Å²) in [7, 11) is 0. The van der Waals surface area contributed by atoms with Crippen LogP contribution in [0.4, 0.5) is 18.9 Å². The quantitative estimate of drug-likeness (QED) is 0.318. The number of halogens is 4. The Labute approximate surface area is 216 Å². The Morgan fingerprint density at radius 1 is 1.05 bits per heavy atom. The van der Waals surface area contributed by atoms with Gasteiger partial charge in [-0.25, -0.2) is 4.98 Å². The number of nitrogens with zero attached hydrogens (tertiary/aromatic N) is 2. The molecular formula is C27H24ClF3N4O2. The monoisotopic (exact) mass is 528 g/mol. The number of anilines is 1. The van der Waals surface area contributed by atoms with Crippen molar-refractivity contribution in [3.63, 3.8) is 0 Å². The second kappa shape index (κ2) is 10.6. The van der Waals surface area contributed by atoms with E-state index in [0.717, 1.165) is 11.6 Å². The number of benzene rings is 3. The van der Waals surface area contributed by atoms with E-state index >= 15 is 0 Å². The summed E-state index contributed by atoms with van der Waals surface area (Å²) in [6.07, 6.45) is -4.55. The summed E-state index contributed by atoms with van der Waals surface area (Å²) in [5, 5.41) is 5.44. The molecule has 0 spiro atoms. The van der Waals surface area contributed by atoms with Crippen LogP contribution in [0.1, 0.15) is 23.6 Å². The van der Waals surface area contributed by atoms with Crippen molar-refractivity contribution in [2.75, 3.05) is 11.9 Å². The first-order valence-corrected chi connectivity index (χ1v) is 11.9. The van der Waals surface area contributed by atoms with Gasteiger partial charge in [-0.1, -0.05) is 47.5 Å². The van der Waals surface area contributed by atoms with Gasteiger partial charge in [0, 0.05) is 37.8 Å². The number of amides is 1. The van der Waals surface area contributed by atoms with Gasteiger partial charge in [0.15, 0.2) is 0 Å². The van der Waals surface area contributed by atoms with Crippen molar-refractivity contribution in [1.29, 1.82) is 0 Å². The van der Waals surface area contributed by atoms with Gasteiger partial charge in [-0.2, -0.15) is 13.2 Å². The Hall–Kier alpha value is -3.85. The van der Waals surface area contributed by atoms with Gasteiger partial charge in [-0.3, -0.25) is 9.59 Å². The number of hydrogen-bond acceptors (Lipinski definition) is 4. The number of carbonyl (C=O) groups is 1. The van der Waals surface area contributed by atoms with Crippen LogP contribution in [0.15, 0.2) is 65.5 Å². The van der Waals surface area contributed by atoms with Crippen LogP contribution in [0.5, 0.6) is 0 Å². The van der Waals surface area contributed by atoms with Crippen molar-refractivity contribution < 1.29 is 18.0 Å². The first kappa shape index (κ1) is 26.2. The van der Waals surface area contributed by atoms with Gasteiger partial charge in [0.05, 0.1) is 21.6 Å². The van der Waals surface area contributed by atoms with Crippen LogP contribution in [0.3, 0.4) is 0 Å². The van der Waals surface area contributed by atoms with Gasteiger partial charge in [-0.05, 0) is 42.8 Å². The Kier molecular flexibility index (Phi) is 7.54. The Bertz CT molecular complexity index is 1520. The fourth-order valence-corrected chi connectivity index (χ4v) is 4.14. The molecule has 0 atom stereocenters. The highest BCUT2D eigenvalue weighted by molar-refractivity contribution is 6.31. The highest BCUT2D eigenvalue weighted by atomic mass is 35.5. The van der Waals surface area contributed by atoms with Crippen LogP contribution >= 0.6 is 11.6 Å². The van der Waals surface area contributed by atoms with Gasteiger partial charge in [0.25, 0.3) is 5.56 Å². The molecule has 4 rings (SSSR count). The van der Waals surface area contributed by atoms with E-state index < -0.39 is 11.7 Å². The summed E-state index contributed by atoms with van der Waals surface area (Å²) < 4.78 is 41.2. The van der Waals surface area contributed by atoms with Gasteiger partial charge in [-0.15, -0.1) is 0 Å². The van der Waals surface area contributed by atoms with Crippen LogP contribution in [-0.4, -0.2) is 22.0 Å². The zero-order valence-corrected chi connectivity index (χ0v) is 20.9. The number of aryl methyl sites for hydroxylation is 1. The van der Waals surface area contributed by atoms with Crippen molar-refractivity contribution in [2.24, 2.45) is 0 Å². The number of rotatable bonds is 7. The third-order valence-electron chi connectivity index (χ3n) is 5.81. The van der Waals surface area contributed by atoms with Crippen LogP contribution in [0.2, 0.25) is 5.02 Å². The van der Waals surface area contributed by atoms with E-state index in [-0.39, 0.29) is 41.8 Å². The predicted octanol–water partition coefficient (Wildman–Crippen LogP) is 5.79. The van der Waals surface area contributed by atoms with E-state index in [4.69, 9.17) is 11.6 Å². The van der Waals surface area contributed by atoms with Crippen LogP contribution < -0.4 is 16.2 Å². The molecule has 0 radical (unpaired) electrons. The fourth-order valence-electron chi connectivity index (χ4n) is 3.92. The summed E-state index contributed by atoms with van der Waals surface area (Å²) in [6, 6.07) is 16.4. The lowest BCUT2D eigenvalue weighted by atomic mass is 10.1. The molecule has 0 fully saturated rings. The molecule has 0 aliphatic rings. The molecule has 2 N–H and O–H groups in total. The third-order valence-corrected chi connectivity index (χ3v) is 6.14. The fraction of sp³-hybridized carbons (Fsp3) is 0.222. The molecule has 6 nitrogen and oxygen atoms in total. The number of alkyl halides is 3. The molecule has 4 aromatic rings. The molecular weight excluding hydrogens is 505 g/mol. The average molecular weight is 529 g/mol. The van der Waals surface area contributed by atoms with Crippen molar-refractivity contribution in [3.8, 4) is 11.3 Å². The van der Waals surface area contributed by atoms with Crippen molar-refractivity contribution in [3.05, 3.63) is 92.7 Å². The van der Waals surface area contributed by atoms with E-state index in [1.807, 2.05) is 31.2 Å².